The van der Waals surface area contributed by atoms with E-state index in [-0.39, 0.29) is 10.8 Å². The molecular weight excluding hydrogens is 745 g/mol. The molecule has 0 saturated heterocycles. The van der Waals surface area contributed by atoms with E-state index in [0.717, 1.165) is 50.7 Å². The Morgan fingerprint density at radius 3 is 1.84 bits per heavy atom. The van der Waals surface area contributed by atoms with E-state index in [9.17, 15) is 0 Å². The average molecular weight is 795 g/mol. The molecule has 0 N–H and O–H groups in total. The maximum absolute atomic E-state index is 6.78. The lowest BCUT2D eigenvalue weighted by molar-refractivity contribution is 0.483. The molecule has 2 aromatic heterocycles. The Hall–Kier alpha value is -7.11. The third kappa shape index (κ3) is 7.00. The number of hydrogen-bond donors (Lipinski definition) is 0. The van der Waals surface area contributed by atoms with Crippen LogP contribution in [0.25, 0.3) is 49.9 Å². The molecule has 0 amide bonds. The highest BCUT2D eigenvalue weighted by Crippen LogP contribution is 2.48. The van der Waals surface area contributed by atoms with Crippen molar-refractivity contribution in [2.75, 3.05) is 16.5 Å². The Kier molecular flexibility index (Phi) is 9.29. The first-order valence-electron chi connectivity index (χ1n) is 21.2. The topological polar surface area (TPSA) is 33.5 Å². The zero-order valence-corrected chi connectivity index (χ0v) is 35.7. The van der Waals surface area contributed by atoms with Crippen LogP contribution in [0.5, 0.6) is 11.5 Å². The number of rotatable bonds is 7. The third-order valence-corrected chi connectivity index (χ3v) is 12.0. The molecule has 7 aromatic carbocycles. The van der Waals surface area contributed by atoms with Crippen LogP contribution in [0.15, 0.2) is 182 Å². The lowest BCUT2D eigenvalue weighted by Crippen LogP contribution is -2.25. The van der Waals surface area contributed by atoms with Crippen molar-refractivity contribution in [3.8, 4) is 39.6 Å². The van der Waals surface area contributed by atoms with E-state index in [1.807, 2.05) is 12.3 Å². The monoisotopic (exact) mass is 794 g/mol. The Bertz CT molecular complexity index is 3060. The van der Waals surface area contributed by atoms with Gasteiger partial charge in [0.05, 0.1) is 28.1 Å². The standard InChI is InChI=1S/C56H50N4O/c1-55(2,3)40-28-30-44(38-18-9-7-10-19-38)52(32-40)59-37-58(50-26-15-16-27-51(50)59)41-22-17-23-42(33-41)61-43-29-31-46-45-24-13-14-25-49(45)60(53(46)34-43)54-35-48(56(4,5)6)47(36-57-54)39-20-11-8-12-21-39/h7-36H,37H2,1-6H3. The van der Waals surface area contributed by atoms with Gasteiger partial charge in [0.15, 0.2) is 0 Å². The number of hydrogen-bond acceptors (Lipinski definition) is 4. The predicted molar refractivity (Wildman–Crippen MR) is 255 cm³/mol. The molecule has 61 heavy (non-hydrogen) atoms. The first-order valence-corrected chi connectivity index (χ1v) is 21.2. The third-order valence-electron chi connectivity index (χ3n) is 12.0. The molecule has 5 nitrogen and oxygen atoms in total. The van der Waals surface area contributed by atoms with Crippen LogP contribution in [-0.2, 0) is 10.8 Å². The van der Waals surface area contributed by atoms with Gasteiger partial charge in [-0.15, -0.1) is 0 Å². The fourth-order valence-electron chi connectivity index (χ4n) is 8.87. The van der Waals surface area contributed by atoms with Gasteiger partial charge in [0, 0.05) is 45.9 Å². The van der Waals surface area contributed by atoms with Crippen LogP contribution in [0.4, 0.5) is 22.7 Å². The van der Waals surface area contributed by atoms with Gasteiger partial charge >= 0.3 is 0 Å². The van der Waals surface area contributed by atoms with Crippen LogP contribution in [0.1, 0.15) is 52.7 Å². The molecule has 0 fully saturated rings. The second kappa shape index (κ2) is 14.9. The van der Waals surface area contributed by atoms with Gasteiger partial charge in [0.1, 0.15) is 24.0 Å². The maximum atomic E-state index is 6.78. The normalized spacial score (nSPS) is 13.0. The van der Waals surface area contributed by atoms with E-state index < -0.39 is 0 Å². The summed E-state index contributed by atoms with van der Waals surface area (Å²) in [5.41, 5.74) is 13.9. The van der Waals surface area contributed by atoms with Crippen molar-refractivity contribution in [2.45, 2.75) is 52.4 Å². The van der Waals surface area contributed by atoms with Crippen molar-refractivity contribution in [3.63, 3.8) is 0 Å². The van der Waals surface area contributed by atoms with Gasteiger partial charge in [-0.05, 0) is 87.7 Å². The van der Waals surface area contributed by atoms with Crippen molar-refractivity contribution in [1.82, 2.24) is 9.55 Å². The van der Waals surface area contributed by atoms with Crippen molar-refractivity contribution < 1.29 is 4.74 Å². The van der Waals surface area contributed by atoms with Gasteiger partial charge in [0.25, 0.3) is 0 Å². The molecule has 0 aliphatic carbocycles. The molecule has 9 aromatic rings. The molecule has 0 atom stereocenters. The minimum absolute atomic E-state index is 0.00478. The fraction of sp³-hybridized carbons (Fsp3) is 0.161. The highest BCUT2D eigenvalue weighted by Gasteiger charge is 2.31. The number of aromatic nitrogens is 2. The second-order valence-electron chi connectivity index (χ2n) is 18.2. The van der Waals surface area contributed by atoms with E-state index in [1.165, 1.54) is 44.6 Å². The van der Waals surface area contributed by atoms with E-state index >= 15 is 0 Å². The van der Waals surface area contributed by atoms with Gasteiger partial charge in [-0.2, -0.15) is 0 Å². The summed E-state index contributed by atoms with van der Waals surface area (Å²) in [7, 11) is 0. The molecule has 3 heterocycles. The molecule has 0 spiro atoms. The number of fused-ring (bicyclic) bond motifs is 4. The molecule has 0 radical (unpaired) electrons. The summed E-state index contributed by atoms with van der Waals surface area (Å²) >= 11 is 0. The first-order chi connectivity index (χ1) is 29.5. The largest absolute Gasteiger partial charge is 0.457 e. The van der Waals surface area contributed by atoms with Gasteiger partial charge < -0.3 is 14.5 Å². The second-order valence-corrected chi connectivity index (χ2v) is 18.2. The first kappa shape index (κ1) is 38.1. The summed E-state index contributed by atoms with van der Waals surface area (Å²) in [6.07, 6.45) is 2.04. The number of ether oxygens (including phenoxy) is 1. The molecule has 1 aliphatic rings. The van der Waals surface area contributed by atoms with Crippen LogP contribution < -0.4 is 14.5 Å². The molecule has 10 rings (SSSR count). The van der Waals surface area contributed by atoms with Gasteiger partial charge in [-0.25, -0.2) is 4.98 Å². The fourth-order valence-corrected chi connectivity index (χ4v) is 8.87. The van der Waals surface area contributed by atoms with E-state index in [4.69, 9.17) is 9.72 Å². The molecule has 1 aliphatic heterocycles. The maximum Gasteiger partial charge on any atom is 0.137 e. The molecule has 5 heteroatoms. The lowest BCUT2D eigenvalue weighted by Gasteiger charge is -2.27. The summed E-state index contributed by atoms with van der Waals surface area (Å²) in [5, 5.41) is 2.33. The number of benzene rings is 7. The summed E-state index contributed by atoms with van der Waals surface area (Å²) in [5.74, 6) is 2.42. The van der Waals surface area contributed by atoms with Crippen molar-refractivity contribution >= 4 is 44.6 Å². The average Bonchev–Trinajstić information content (AvgIpc) is 3.82. The van der Waals surface area contributed by atoms with Crippen LogP contribution >= 0.6 is 0 Å². The number of para-hydroxylation sites is 3. The Labute approximate surface area is 359 Å². The van der Waals surface area contributed by atoms with Crippen molar-refractivity contribution in [2.24, 2.45) is 0 Å². The number of nitrogens with zero attached hydrogens (tertiary/aromatic N) is 4. The van der Waals surface area contributed by atoms with E-state index in [1.54, 1.807) is 0 Å². The quantitative estimate of drug-likeness (QED) is 0.161. The van der Waals surface area contributed by atoms with Crippen LogP contribution in [-0.4, -0.2) is 16.2 Å². The van der Waals surface area contributed by atoms with E-state index in [2.05, 4.69) is 226 Å². The molecular formula is C56H50N4O. The SMILES string of the molecule is CC(C)(C)c1ccc(-c2ccccc2)c(N2CN(c3cccc(Oc4ccc5c6ccccc6n(-c6cc(C(C)(C)C)c(-c7ccccc7)cn6)c5c4)c3)c3ccccc32)c1. The van der Waals surface area contributed by atoms with Gasteiger partial charge in [-0.1, -0.05) is 151 Å². The summed E-state index contributed by atoms with van der Waals surface area (Å²) < 4.78 is 9.07. The minimum atomic E-state index is -0.103. The van der Waals surface area contributed by atoms with Crippen LogP contribution in [0.2, 0.25) is 0 Å². The molecule has 0 unspecified atom stereocenters. The van der Waals surface area contributed by atoms with Crippen LogP contribution in [0.3, 0.4) is 0 Å². The minimum Gasteiger partial charge on any atom is -0.457 e. The van der Waals surface area contributed by atoms with E-state index in [0.29, 0.717) is 6.67 Å². The van der Waals surface area contributed by atoms with Crippen molar-refractivity contribution in [3.05, 3.63) is 193 Å². The van der Waals surface area contributed by atoms with Gasteiger partial charge in [0.2, 0.25) is 0 Å². The predicted octanol–water partition coefficient (Wildman–Crippen LogP) is 15.1. The zero-order chi connectivity index (χ0) is 41.9. The number of pyridine rings is 1. The number of anilines is 4. The van der Waals surface area contributed by atoms with Crippen LogP contribution in [0, 0.1) is 0 Å². The summed E-state index contributed by atoms with van der Waals surface area (Å²) in [4.78, 5) is 9.98. The summed E-state index contributed by atoms with van der Waals surface area (Å²) in [6, 6.07) is 62.7. The van der Waals surface area contributed by atoms with Crippen molar-refractivity contribution in [1.29, 1.82) is 0 Å². The zero-order valence-electron chi connectivity index (χ0n) is 35.7. The molecule has 300 valence electrons. The Balaban J connectivity index is 1.02. The molecule has 0 saturated carbocycles. The van der Waals surface area contributed by atoms with Gasteiger partial charge in [-0.3, -0.25) is 4.57 Å². The smallest absolute Gasteiger partial charge is 0.137 e. The lowest BCUT2D eigenvalue weighted by atomic mass is 9.82. The Morgan fingerprint density at radius 1 is 0.475 bits per heavy atom. The summed E-state index contributed by atoms with van der Waals surface area (Å²) in [6.45, 7) is 14.3. The highest BCUT2D eigenvalue weighted by atomic mass is 16.5. The molecule has 0 bridgehead atoms. The Morgan fingerprint density at radius 2 is 1.11 bits per heavy atom. The highest BCUT2D eigenvalue weighted by molar-refractivity contribution is 6.09.